The smallest absolute Gasteiger partial charge is 0.224 e. The molecule has 3 aromatic rings. The summed E-state index contributed by atoms with van der Waals surface area (Å²) in [4.78, 5) is 8.39. The van der Waals surface area contributed by atoms with Gasteiger partial charge >= 0.3 is 0 Å². The lowest BCUT2D eigenvalue weighted by Gasteiger charge is -2.08. The molecule has 3 aromatic heterocycles. The van der Waals surface area contributed by atoms with Crippen molar-refractivity contribution < 1.29 is 4.74 Å². The van der Waals surface area contributed by atoms with Gasteiger partial charge in [-0.05, 0) is 32.0 Å². The highest BCUT2D eigenvalue weighted by molar-refractivity contribution is 6.29. The third-order valence-corrected chi connectivity index (χ3v) is 3.02. The zero-order valence-electron chi connectivity index (χ0n) is 11.6. The summed E-state index contributed by atoms with van der Waals surface area (Å²) in [5, 5.41) is 4.80. The Hall–Kier alpha value is -2.40. The molecular weight excluding hydrogens is 288 g/mol. The van der Waals surface area contributed by atoms with E-state index in [1.54, 1.807) is 23.0 Å². The predicted octanol–water partition coefficient (Wildman–Crippen LogP) is 3.72. The largest absolute Gasteiger partial charge is 0.439 e. The standard InChI is InChI=1S/C15H13ClN4O/c1-10-4-3-5-14(18-10)20-15(8-11(2)19-20)21-12-6-7-17-13(16)9-12/h3-9H,1-2H3. The second kappa shape index (κ2) is 5.54. The molecular formula is C15H13ClN4O. The van der Waals surface area contributed by atoms with Crippen LogP contribution in [-0.2, 0) is 0 Å². The zero-order chi connectivity index (χ0) is 14.8. The summed E-state index contributed by atoms with van der Waals surface area (Å²) in [5.74, 6) is 1.88. The van der Waals surface area contributed by atoms with Crippen molar-refractivity contribution in [3.05, 3.63) is 59.1 Å². The van der Waals surface area contributed by atoms with E-state index < -0.39 is 0 Å². The van der Waals surface area contributed by atoms with Crippen LogP contribution in [0.15, 0.2) is 42.6 Å². The molecule has 0 saturated carbocycles. The van der Waals surface area contributed by atoms with Gasteiger partial charge in [0.15, 0.2) is 5.82 Å². The summed E-state index contributed by atoms with van der Waals surface area (Å²) in [5.41, 5.74) is 1.76. The first-order valence-electron chi connectivity index (χ1n) is 6.42. The van der Waals surface area contributed by atoms with E-state index >= 15 is 0 Å². The second-order valence-electron chi connectivity index (χ2n) is 4.59. The number of pyridine rings is 2. The minimum Gasteiger partial charge on any atom is -0.439 e. The van der Waals surface area contributed by atoms with Gasteiger partial charge in [0, 0.05) is 24.0 Å². The molecule has 5 nitrogen and oxygen atoms in total. The summed E-state index contributed by atoms with van der Waals surface area (Å²) in [6, 6.07) is 11.0. The van der Waals surface area contributed by atoms with Crippen molar-refractivity contribution in [2.75, 3.05) is 0 Å². The van der Waals surface area contributed by atoms with Gasteiger partial charge < -0.3 is 4.74 Å². The van der Waals surface area contributed by atoms with E-state index in [1.165, 1.54) is 0 Å². The number of aryl methyl sites for hydroxylation is 2. The van der Waals surface area contributed by atoms with Gasteiger partial charge in [0.1, 0.15) is 10.9 Å². The fraction of sp³-hybridized carbons (Fsp3) is 0.133. The van der Waals surface area contributed by atoms with E-state index in [0.29, 0.717) is 22.6 Å². The number of ether oxygens (including phenoxy) is 1. The first-order valence-corrected chi connectivity index (χ1v) is 6.80. The molecule has 0 radical (unpaired) electrons. The maximum absolute atomic E-state index is 5.87. The van der Waals surface area contributed by atoms with E-state index in [4.69, 9.17) is 16.3 Å². The molecule has 0 aliphatic rings. The van der Waals surface area contributed by atoms with Gasteiger partial charge in [0.2, 0.25) is 5.88 Å². The number of halogens is 1. The molecule has 3 rings (SSSR count). The molecule has 0 aliphatic carbocycles. The SMILES string of the molecule is Cc1cccc(-n2nc(C)cc2Oc2ccnc(Cl)c2)n1. The molecule has 0 N–H and O–H groups in total. The molecule has 0 fully saturated rings. The Labute approximate surface area is 127 Å². The van der Waals surface area contributed by atoms with Crippen molar-refractivity contribution >= 4 is 11.6 Å². The van der Waals surface area contributed by atoms with Crippen molar-refractivity contribution in [2.45, 2.75) is 13.8 Å². The number of rotatable bonds is 3. The number of nitrogens with zero attached hydrogens (tertiary/aromatic N) is 4. The first-order chi connectivity index (χ1) is 10.1. The van der Waals surface area contributed by atoms with E-state index in [-0.39, 0.29) is 0 Å². The molecule has 106 valence electrons. The Bertz CT molecular complexity index is 785. The van der Waals surface area contributed by atoms with E-state index in [9.17, 15) is 0 Å². The van der Waals surface area contributed by atoms with Gasteiger partial charge in [-0.3, -0.25) is 0 Å². The molecule has 0 aliphatic heterocycles. The highest BCUT2D eigenvalue weighted by Crippen LogP contribution is 2.25. The Morgan fingerprint density at radius 2 is 1.95 bits per heavy atom. The quantitative estimate of drug-likeness (QED) is 0.692. The molecule has 0 aromatic carbocycles. The third-order valence-electron chi connectivity index (χ3n) is 2.81. The van der Waals surface area contributed by atoms with Gasteiger partial charge in [-0.2, -0.15) is 9.78 Å². The van der Waals surface area contributed by atoms with Crippen LogP contribution in [0.4, 0.5) is 0 Å². The fourth-order valence-electron chi connectivity index (χ4n) is 1.93. The van der Waals surface area contributed by atoms with Crippen LogP contribution in [0.1, 0.15) is 11.4 Å². The highest BCUT2D eigenvalue weighted by Gasteiger charge is 2.11. The lowest BCUT2D eigenvalue weighted by Crippen LogP contribution is -2.02. The number of aromatic nitrogens is 4. The van der Waals surface area contributed by atoms with Gasteiger partial charge in [0.05, 0.1) is 5.69 Å². The van der Waals surface area contributed by atoms with Crippen LogP contribution in [0.25, 0.3) is 5.82 Å². The zero-order valence-corrected chi connectivity index (χ0v) is 12.4. The van der Waals surface area contributed by atoms with Gasteiger partial charge in [-0.25, -0.2) is 9.97 Å². The Morgan fingerprint density at radius 1 is 1.10 bits per heavy atom. The van der Waals surface area contributed by atoms with Crippen molar-refractivity contribution in [1.82, 2.24) is 19.7 Å². The molecule has 0 atom stereocenters. The van der Waals surface area contributed by atoms with Crippen molar-refractivity contribution in [3.63, 3.8) is 0 Å². The molecule has 21 heavy (non-hydrogen) atoms. The fourth-order valence-corrected chi connectivity index (χ4v) is 2.09. The maximum Gasteiger partial charge on any atom is 0.224 e. The summed E-state index contributed by atoms with van der Waals surface area (Å²) in [7, 11) is 0. The topological polar surface area (TPSA) is 52.8 Å². The van der Waals surface area contributed by atoms with Gasteiger partial charge in [0.25, 0.3) is 0 Å². The normalized spacial score (nSPS) is 10.6. The molecule has 3 heterocycles. The molecule has 6 heteroatoms. The van der Waals surface area contributed by atoms with E-state index in [1.807, 2.05) is 38.1 Å². The summed E-state index contributed by atoms with van der Waals surface area (Å²) >= 11 is 5.87. The van der Waals surface area contributed by atoms with Crippen molar-refractivity contribution in [2.24, 2.45) is 0 Å². The van der Waals surface area contributed by atoms with Crippen LogP contribution in [0, 0.1) is 13.8 Å². The Morgan fingerprint density at radius 3 is 2.71 bits per heavy atom. The predicted molar refractivity (Wildman–Crippen MR) is 80.2 cm³/mol. The van der Waals surface area contributed by atoms with Crippen LogP contribution in [-0.4, -0.2) is 19.7 Å². The maximum atomic E-state index is 5.87. The highest BCUT2D eigenvalue weighted by atomic mass is 35.5. The summed E-state index contributed by atoms with van der Waals surface area (Å²) < 4.78 is 7.50. The molecule has 0 bridgehead atoms. The second-order valence-corrected chi connectivity index (χ2v) is 4.98. The Kier molecular flexibility index (Phi) is 3.58. The lowest BCUT2D eigenvalue weighted by molar-refractivity contribution is 0.442. The summed E-state index contributed by atoms with van der Waals surface area (Å²) in [6.45, 7) is 3.84. The molecule has 0 spiro atoms. The molecule has 0 unspecified atom stereocenters. The van der Waals surface area contributed by atoms with Crippen LogP contribution in [0.2, 0.25) is 5.15 Å². The van der Waals surface area contributed by atoms with Crippen LogP contribution < -0.4 is 4.74 Å². The van der Waals surface area contributed by atoms with Crippen LogP contribution >= 0.6 is 11.6 Å². The molecule has 0 saturated heterocycles. The van der Waals surface area contributed by atoms with Gasteiger partial charge in [-0.15, -0.1) is 0 Å². The molecule has 0 amide bonds. The van der Waals surface area contributed by atoms with Crippen LogP contribution in [0.5, 0.6) is 11.6 Å². The average molecular weight is 301 g/mol. The monoisotopic (exact) mass is 300 g/mol. The third kappa shape index (κ3) is 3.03. The van der Waals surface area contributed by atoms with Gasteiger partial charge in [-0.1, -0.05) is 17.7 Å². The first kappa shape index (κ1) is 13.6. The average Bonchev–Trinajstić information content (AvgIpc) is 2.79. The number of hydrogen-bond acceptors (Lipinski definition) is 4. The Balaban J connectivity index is 2.00. The van der Waals surface area contributed by atoms with Crippen LogP contribution in [0.3, 0.4) is 0 Å². The van der Waals surface area contributed by atoms with E-state index in [0.717, 1.165) is 11.4 Å². The van der Waals surface area contributed by atoms with Crippen molar-refractivity contribution in [3.8, 4) is 17.4 Å². The lowest BCUT2D eigenvalue weighted by atomic mass is 10.4. The summed E-state index contributed by atoms with van der Waals surface area (Å²) in [6.07, 6.45) is 1.59. The minimum atomic E-state index is 0.379. The van der Waals surface area contributed by atoms with E-state index in [2.05, 4.69) is 15.1 Å². The van der Waals surface area contributed by atoms with Crippen molar-refractivity contribution in [1.29, 1.82) is 0 Å². The number of hydrogen-bond donors (Lipinski definition) is 0. The minimum absolute atomic E-state index is 0.379.